The lowest BCUT2D eigenvalue weighted by atomic mass is 10.1. The minimum absolute atomic E-state index is 0.111. The second-order valence-electron chi connectivity index (χ2n) is 4.59. The summed E-state index contributed by atoms with van der Waals surface area (Å²) in [7, 11) is 0. The molecule has 4 nitrogen and oxygen atoms in total. The molecule has 0 aromatic carbocycles. The third kappa shape index (κ3) is 2.40. The predicted octanol–water partition coefficient (Wildman–Crippen LogP) is 1.19. The van der Waals surface area contributed by atoms with Gasteiger partial charge >= 0.3 is 0 Å². The maximum absolute atomic E-state index is 9.12. The Morgan fingerprint density at radius 2 is 2.25 bits per heavy atom. The highest BCUT2D eigenvalue weighted by atomic mass is 16.3. The van der Waals surface area contributed by atoms with Gasteiger partial charge in [0.1, 0.15) is 5.65 Å². The second-order valence-corrected chi connectivity index (χ2v) is 4.59. The van der Waals surface area contributed by atoms with Crippen molar-refractivity contribution < 1.29 is 5.11 Å². The summed E-state index contributed by atoms with van der Waals surface area (Å²) in [4.78, 5) is 4.47. The number of imidazole rings is 1. The molecule has 2 rings (SSSR count). The molecule has 2 heterocycles. The van der Waals surface area contributed by atoms with Gasteiger partial charge in [0.2, 0.25) is 0 Å². The Labute approximate surface area is 94.9 Å². The first-order chi connectivity index (χ1) is 7.61. The standard InChI is InChI=1S/C12H17N3O/c1-12(2,9-16)13-7-10-8-15-6-4-3-5-11(15)14-10/h3-6,8,13,16H,7,9H2,1-2H3. The van der Waals surface area contributed by atoms with Crippen LogP contribution in [0.4, 0.5) is 0 Å². The van der Waals surface area contributed by atoms with Gasteiger partial charge in [-0.2, -0.15) is 0 Å². The van der Waals surface area contributed by atoms with E-state index in [1.807, 2.05) is 48.8 Å². The summed E-state index contributed by atoms with van der Waals surface area (Å²) in [5.41, 5.74) is 1.66. The van der Waals surface area contributed by atoms with E-state index in [9.17, 15) is 0 Å². The van der Waals surface area contributed by atoms with Crippen LogP contribution < -0.4 is 5.32 Å². The van der Waals surface area contributed by atoms with Crippen LogP contribution in [0.1, 0.15) is 19.5 Å². The number of hydrogen-bond donors (Lipinski definition) is 2. The maximum atomic E-state index is 9.12. The van der Waals surface area contributed by atoms with E-state index in [0.717, 1.165) is 11.3 Å². The monoisotopic (exact) mass is 219 g/mol. The van der Waals surface area contributed by atoms with Gasteiger partial charge < -0.3 is 14.8 Å². The average Bonchev–Trinajstić information content (AvgIpc) is 2.69. The van der Waals surface area contributed by atoms with Gasteiger partial charge in [-0.3, -0.25) is 0 Å². The molecule has 0 saturated carbocycles. The summed E-state index contributed by atoms with van der Waals surface area (Å²) in [5, 5.41) is 12.4. The number of aliphatic hydroxyl groups excluding tert-OH is 1. The third-order valence-corrected chi connectivity index (χ3v) is 2.56. The molecule has 86 valence electrons. The lowest BCUT2D eigenvalue weighted by molar-refractivity contribution is 0.187. The molecule has 0 aliphatic carbocycles. The number of fused-ring (bicyclic) bond motifs is 1. The van der Waals surface area contributed by atoms with Crippen LogP contribution in [0.15, 0.2) is 30.6 Å². The average molecular weight is 219 g/mol. The van der Waals surface area contributed by atoms with E-state index in [1.165, 1.54) is 0 Å². The molecule has 0 unspecified atom stereocenters. The van der Waals surface area contributed by atoms with Gasteiger partial charge in [0.05, 0.1) is 12.3 Å². The molecule has 2 aromatic rings. The van der Waals surface area contributed by atoms with Crippen molar-refractivity contribution in [1.29, 1.82) is 0 Å². The molecule has 0 amide bonds. The summed E-state index contributed by atoms with van der Waals surface area (Å²) in [6.07, 6.45) is 3.97. The summed E-state index contributed by atoms with van der Waals surface area (Å²) in [6, 6.07) is 5.92. The lowest BCUT2D eigenvalue weighted by Gasteiger charge is -2.22. The number of nitrogens with one attached hydrogen (secondary N) is 1. The second kappa shape index (κ2) is 4.23. The van der Waals surface area contributed by atoms with E-state index >= 15 is 0 Å². The van der Waals surface area contributed by atoms with E-state index in [1.54, 1.807) is 0 Å². The van der Waals surface area contributed by atoms with Crippen molar-refractivity contribution in [3.8, 4) is 0 Å². The zero-order chi connectivity index (χ0) is 11.6. The molecule has 0 aliphatic heterocycles. The zero-order valence-electron chi connectivity index (χ0n) is 9.64. The number of hydrogen-bond acceptors (Lipinski definition) is 3. The number of rotatable bonds is 4. The van der Waals surface area contributed by atoms with Gasteiger partial charge in [0.15, 0.2) is 0 Å². The number of pyridine rings is 1. The van der Waals surface area contributed by atoms with Gasteiger partial charge in [0, 0.05) is 24.5 Å². The van der Waals surface area contributed by atoms with Crippen molar-refractivity contribution in [3.63, 3.8) is 0 Å². The molecule has 4 heteroatoms. The van der Waals surface area contributed by atoms with Crippen LogP contribution in [0.3, 0.4) is 0 Å². The molecule has 0 bridgehead atoms. The first-order valence-corrected chi connectivity index (χ1v) is 5.39. The highest BCUT2D eigenvalue weighted by Crippen LogP contribution is 2.06. The molecule has 0 aliphatic rings. The van der Waals surface area contributed by atoms with Gasteiger partial charge in [-0.1, -0.05) is 6.07 Å². The maximum Gasteiger partial charge on any atom is 0.137 e. The highest BCUT2D eigenvalue weighted by Gasteiger charge is 2.15. The quantitative estimate of drug-likeness (QED) is 0.812. The van der Waals surface area contributed by atoms with Crippen molar-refractivity contribution in [2.45, 2.75) is 25.9 Å². The van der Waals surface area contributed by atoms with Crippen LogP contribution in [0, 0.1) is 0 Å². The van der Waals surface area contributed by atoms with E-state index in [4.69, 9.17) is 5.11 Å². The number of aromatic nitrogens is 2. The van der Waals surface area contributed by atoms with Crippen LogP contribution in [0.2, 0.25) is 0 Å². The molecule has 0 radical (unpaired) electrons. The largest absolute Gasteiger partial charge is 0.394 e. The molecule has 0 atom stereocenters. The fourth-order valence-electron chi connectivity index (χ4n) is 1.46. The van der Waals surface area contributed by atoms with Crippen molar-refractivity contribution in [2.75, 3.05) is 6.61 Å². The first-order valence-electron chi connectivity index (χ1n) is 5.39. The summed E-state index contributed by atoms with van der Waals surface area (Å²) in [6.45, 7) is 4.70. The number of nitrogens with zero attached hydrogens (tertiary/aromatic N) is 2. The molecule has 0 saturated heterocycles. The Morgan fingerprint density at radius 1 is 1.44 bits per heavy atom. The van der Waals surface area contributed by atoms with Crippen molar-refractivity contribution >= 4 is 5.65 Å². The van der Waals surface area contributed by atoms with Gasteiger partial charge in [-0.25, -0.2) is 4.98 Å². The molecular formula is C12H17N3O. The smallest absolute Gasteiger partial charge is 0.137 e. The Morgan fingerprint density at radius 3 is 2.94 bits per heavy atom. The van der Waals surface area contributed by atoms with E-state index in [-0.39, 0.29) is 12.1 Å². The van der Waals surface area contributed by atoms with Crippen LogP contribution in [-0.4, -0.2) is 26.6 Å². The Kier molecular flexibility index (Phi) is 2.94. The van der Waals surface area contributed by atoms with Gasteiger partial charge in [-0.15, -0.1) is 0 Å². The third-order valence-electron chi connectivity index (χ3n) is 2.56. The molecular weight excluding hydrogens is 202 g/mol. The highest BCUT2D eigenvalue weighted by molar-refractivity contribution is 5.39. The van der Waals surface area contributed by atoms with Crippen LogP contribution >= 0.6 is 0 Å². The Hall–Kier alpha value is -1.39. The Bertz CT molecular complexity index is 443. The van der Waals surface area contributed by atoms with Crippen molar-refractivity contribution in [3.05, 3.63) is 36.3 Å². The van der Waals surface area contributed by atoms with Crippen LogP contribution in [0.25, 0.3) is 5.65 Å². The van der Waals surface area contributed by atoms with E-state index in [2.05, 4.69) is 10.3 Å². The predicted molar refractivity (Wildman–Crippen MR) is 63.2 cm³/mol. The van der Waals surface area contributed by atoms with E-state index < -0.39 is 0 Å². The Balaban J connectivity index is 2.10. The minimum Gasteiger partial charge on any atom is -0.394 e. The fraction of sp³-hybridized carbons (Fsp3) is 0.417. The fourth-order valence-corrected chi connectivity index (χ4v) is 1.46. The first kappa shape index (κ1) is 11.1. The topological polar surface area (TPSA) is 49.6 Å². The van der Waals surface area contributed by atoms with Crippen molar-refractivity contribution in [1.82, 2.24) is 14.7 Å². The normalized spacial score (nSPS) is 12.2. The molecule has 0 spiro atoms. The summed E-state index contributed by atoms with van der Waals surface area (Å²) < 4.78 is 1.99. The molecule has 2 aromatic heterocycles. The van der Waals surface area contributed by atoms with E-state index in [0.29, 0.717) is 6.54 Å². The van der Waals surface area contributed by atoms with Gasteiger partial charge in [0.25, 0.3) is 0 Å². The molecule has 16 heavy (non-hydrogen) atoms. The molecule has 2 N–H and O–H groups in total. The van der Waals surface area contributed by atoms with Crippen molar-refractivity contribution in [2.24, 2.45) is 0 Å². The summed E-state index contributed by atoms with van der Waals surface area (Å²) >= 11 is 0. The van der Waals surface area contributed by atoms with Gasteiger partial charge in [-0.05, 0) is 26.0 Å². The zero-order valence-corrected chi connectivity index (χ0v) is 9.64. The lowest BCUT2D eigenvalue weighted by Crippen LogP contribution is -2.42. The SMILES string of the molecule is CC(C)(CO)NCc1cn2ccccc2n1. The van der Waals surface area contributed by atoms with Crippen LogP contribution in [0.5, 0.6) is 0 Å². The summed E-state index contributed by atoms with van der Waals surface area (Å²) in [5.74, 6) is 0. The number of aliphatic hydroxyl groups is 1. The minimum atomic E-state index is -0.268. The molecule has 0 fully saturated rings. The van der Waals surface area contributed by atoms with Crippen LogP contribution in [-0.2, 0) is 6.54 Å².